The van der Waals surface area contributed by atoms with Crippen LogP contribution in [0.5, 0.6) is 0 Å². The van der Waals surface area contributed by atoms with Crippen LogP contribution in [0.15, 0.2) is 67.3 Å². The summed E-state index contributed by atoms with van der Waals surface area (Å²) in [5.41, 5.74) is 3.33. The molecule has 34 heavy (non-hydrogen) atoms. The molecule has 3 aromatic heterocycles. The van der Waals surface area contributed by atoms with Gasteiger partial charge in [-0.1, -0.05) is 30.5 Å². The summed E-state index contributed by atoms with van der Waals surface area (Å²) in [6, 6.07) is 13.1. The molecule has 4 heterocycles. The maximum atomic E-state index is 12.6. The number of nitrogens with one attached hydrogen (secondary N) is 1. The second-order valence-corrected chi connectivity index (χ2v) is 8.31. The number of carbonyl (C=O) groups is 1. The van der Waals surface area contributed by atoms with Crippen LogP contribution in [0.25, 0.3) is 16.8 Å². The summed E-state index contributed by atoms with van der Waals surface area (Å²) in [7, 11) is 0. The maximum Gasteiger partial charge on any atom is 0.256 e. The highest BCUT2D eigenvalue weighted by molar-refractivity contribution is 6.04. The first-order valence-corrected chi connectivity index (χ1v) is 11.5. The van der Waals surface area contributed by atoms with Gasteiger partial charge in [0, 0.05) is 29.7 Å². The van der Waals surface area contributed by atoms with Gasteiger partial charge in [-0.3, -0.25) is 19.1 Å². The molecule has 1 aromatic carbocycles. The Labute approximate surface area is 198 Å². The summed E-state index contributed by atoms with van der Waals surface area (Å²) in [4.78, 5) is 28.6. The fourth-order valence-electron chi connectivity index (χ4n) is 4.47. The highest BCUT2D eigenvalue weighted by Crippen LogP contribution is 2.34. The van der Waals surface area contributed by atoms with E-state index in [1.54, 1.807) is 18.5 Å². The van der Waals surface area contributed by atoms with Crippen molar-refractivity contribution in [1.29, 1.82) is 0 Å². The van der Waals surface area contributed by atoms with Crippen LogP contribution in [0.2, 0.25) is 0 Å². The molecule has 0 saturated carbocycles. The predicted molar refractivity (Wildman–Crippen MR) is 132 cm³/mol. The summed E-state index contributed by atoms with van der Waals surface area (Å²) < 4.78 is 2.15. The zero-order valence-electron chi connectivity index (χ0n) is 19.1. The number of likely N-dealkylation sites (tertiary alicyclic amines) is 1. The van der Waals surface area contributed by atoms with Crippen LogP contribution in [-0.2, 0) is 0 Å². The Morgan fingerprint density at radius 1 is 1.15 bits per heavy atom. The summed E-state index contributed by atoms with van der Waals surface area (Å²) in [5, 5.41) is 2.82. The van der Waals surface area contributed by atoms with Crippen molar-refractivity contribution in [2.75, 3.05) is 18.4 Å². The summed E-state index contributed by atoms with van der Waals surface area (Å²) in [5.74, 6) is 7.59. The third-order valence-electron chi connectivity index (χ3n) is 6.17. The van der Waals surface area contributed by atoms with E-state index in [1.165, 1.54) is 12.8 Å². The van der Waals surface area contributed by atoms with Gasteiger partial charge in [-0.2, -0.15) is 0 Å². The summed E-state index contributed by atoms with van der Waals surface area (Å²) in [6.45, 7) is 3.65. The highest BCUT2D eigenvalue weighted by atomic mass is 16.1. The van der Waals surface area contributed by atoms with E-state index in [1.807, 2.05) is 55.7 Å². The monoisotopic (exact) mass is 450 g/mol. The van der Waals surface area contributed by atoms with Gasteiger partial charge in [0.2, 0.25) is 0 Å². The number of amides is 1. The molecule has 1 atom stereocenters. The number of piperidine rings is 1. The Morgan fingerprint density at radius 2 is 2.03 bits per heavy atom. The van der Waals surface area contributed by atoms with Crippen LogP contribution >= 0.6 is 0 Å². The van der Waals surface area contributed by atoms with Crippen LogP contribution in [0.4, 0.5) is 5.82 Å². The molecule has 7 nitrogen and oxygen atoms in total. The van der Waals surface area contributed by atoms with Crippen molar-refractivity contribution in [2.45, 2.75) is 32.2 Å². The third-order valence-corrected chi connectivity index (χ3v) is 6.17. The minimum absolute atomic E-state index is 0.197. The number of rotatable bonds is 5. The lowest BCUT2D eigenvalue weighted by Gasteiger charge is -2.33. The molecule has 0 spiro atoms. The van der Waals surface area contributed by atoms with Gasteiger partial charge in [0.25, 0.3) is 5.91 Å². The minimum Gasteiger partial charge on any atom is -0.307 e. The third kappa shape index (κ3) is 4.41. The number of pyridine rings is 1. The number of benzene rings is 1. The molecule has 0 aliphatic carbocycles. The molecule has 1 fully saturated rings. The molecule has 1 saturated heterocycles. The number of aromatic nitrogens is 4. The normalized spacial score (nSPS) is 16.1. The molecule has 170 valence electrons. The second kappa shape index (κ2) is 9.86. The Kier molecular flexibility index (Phi) is 6.32. The van der Waals surface area contributed by atoms with E-state index in [2.05, 4.69) is 36.4 Å². The van der Waals surface area contributed by atoms with E-state index in [4.69, 9.17) is 4.98 Å². The molecule has 7 heteroatoms. The first-order chi connectivity index (χ1) is 16.7. The van der Waals surface area contributed by atoms with Crippen molar-refractivity contribution >= 4 is 17.2 Å². The van der Waals surface area contributed by atoms with Crippen LogP contribution in [-0.4, -0.2) is 43.2 Å². The molecule has 4 aromatic rings. The number of imidazole rings is 1. The Bertz CT molecular complexity index is 1350. The van der Waals surface area contributed by atoms with Crippen LogP contribution < -0.4 is 5.32 Å². The lowest BCUT2D eigenvalue weighted by Crippen LogP contribution is -2.34. The molecule has 0 bridgehead atoms. The van der Waals surface area contributed by atoms with Crippen molar-refractivity contribution in [3.8, 4) is 23.1 Å². The van der Waals surface area contributed by atoms with Crippen LogP contribution in [0.1, 0.15) is 48.4 Å². The summed E-state index contributed by atoms with van der Waals surface area (Å²) in [6.07, 6.45) is 10.7. The smallest absolute Gasteiger partial charge is 0.256 e. The zero-order valence-corrected chi connectivity index (χ0v) is 19.1. The van der Waals surface area contributed by atoms with Crippen LogP contribution in [0, 0.1) is 11.8 Å². The van der Waals surface area contributed by atoms with Crippen molar-refractivity contribution < 1.29 is 4.79 Å². The van der Waals surface area contributed by atoms with E-state index in [0.29, 0.717) is 11.4 Å². The lowest BCUT2D eigenvalue weighted by molar-refractivity contribution is 0.102. The Morgan fingerprint density at radius 3 is 2.82 bits per heavy atom. The fourth-order valence-corrected chi connectivity index (χ4v) is 4.47. The number of nitrogens with zero attached hydrogens (tertiary/aromatic N) is 5. The lowest BCUT2D eigenvalue weighted by atomic mass is 10.0. The van der Waals surface area contributed by atoms with E-state index >= 15 is 0 Å². The summed E-state index contributed by atoms with van der Waals surface area (Å²) >= 11 is 0. The number of carbonyl (C=O) groups excluding carboxylic acids is 1. The number of anilines is 1. The van der Waals surface area contributed by atoms with Gasteiger partial charge in [-0.25, -0.2) is 9.97 Å². The van der Waals surface area contributed by atoms with Crippen molar-refractivity contribution in [1.82, 2.24) is 24.3 Å². The first kappa shape index (κ1) is 21.8. The molecule has 1 aliphatic heterocycles. The van der Waals surface area contributed by atoms with Gasteiger partial charge in [0.05, 0.1) is 30.0 Å². The zero-order chi connectivity index (χ0) is 23.3. The number of fused-ring (bicyclic) bond motifs is 1. The van der Waals surface area contributed by atoms with E-state index < -0.39 is 0 Å². The quantitative estimate of drug-likeness (QED) is 0.450. The van der Waals surface area contributed by atoms with Gasteiger partial charge in [-0.05, 0) is 50.6 Å². The van der Waals surface area contributed by atoms with Gasteiger partial charge < -0.3 is 5.32 Å². The minimum atomic E-state index is -0.197. The Hall–Kier alpha value is -4.02. The molecule has 1 amide bonds. The average molecular weight is 451 g/mol. The fraction of sp³-hybridized carbons (Fsp3) is 0.259. The average Bonchev–Trinajstić information content (AvgIpc) is 3.28. The molecule has 0 radical (unpaired) electrons. The molecular formula is C27H26N6O. The highest BCUT2D eigenvalue weighted by Gasteiger charge is 2.28. The standard InChI is InChI=1S/C27H26N6O/c1-2-3-16-32-17-7-5-8-22(32)26-31-25(23-19-28-15-18-33(23)26)20-10-12-21(13-11-20)27(34)30-24-9-4-6-14-29-24/h4,6,9-15,18-19,22H,5,7-8,16-17H2,1H3,(H,29,30,34)/t22-/m0/s1. The van der Waals surface area contributed by atoms with Gasteiger partial charge >= 0.3 is 0 Å². The largest absolute Gasteiger partial charge is 0.307 e. The molecule has 0 unspecified atom stereocenters. The predicted octanol–water partition coefficient (Wildman–Crippen LogP) is 4.59. The molecule has 5 rings (SSSR count). The van der Waals surface area contributed by atoms with Crippen molar-refractivity contribution in [3.05, 3.63) is 78.6 Å². The van der Waals surface area contributed by atoms with Gasteiger partial charge in [0.15, 0.2) is 0 Å². The van der Waals surface area contributed by atoms with E-state index in [9.17, 15) is 4.79 Å². The van der Waals surface area contributed by atoms with Crippen molar-refractivity contribution in [3.63, 3.8) is 0 Å². The molecule has 1 N–H and O–H groups in total. The SMILES string of the molecule is CC#CCN1CCCC[C@H]1c1nc(-c2ccc(C(=O)Nc3ccccn3)cc2)c2cnccn12. The van der Waals surface area contributed by atoms with Gasteiger partial charge in [-0.15, -0.1) is 5.92 Å². The first-order valence-electron chi connectivity index (χ1n) is 11.5. The number of hydrogen-bond acceptors (Lipinski definition) is 5. The van der Waals surface area contributed by atoms with E-state index in [0.717, 1.165) is 42.1 Å². The van der Waals surface area contributed by atoms with E-state index in [-0.39, 0.29) is 11.9 Å². The van der Waals surface area contributed by atoms with Gasteiger partial charge in [0.1, 0.15) is 11.6 Å². The second-order valence-electron chi connectivity index (χ2n) is 8.31. The molecule has 1 aliphatic rings. The Balaban J connectivity index is 1.46. The topological polar surface area (TPSA) is 75.4 Å². The maximum absolute atomic E-state index is 12.6. The molecular weight excluding hydrogens is 424 g/mol. The number of hydrogen-bond donors (Lipinski definition) is 1. The van der Waals surface area contributed by atoms with Crippen molar-refractivity contribution in [2.24, 2.45) is 0 Å². The van der Waals surface area contributed by atoms with Crippen LogP contribution in [0.3, 0.4) is 0 Å².